The maximum absolute atomic E-state index is 12.7. The van der Waals surface area contributed by atoms with Gasteiger partial charge in [-0.15, -0.1) is 0 Å². The fourth-order valence-corrected chi connectivity index (χ4v) is 3.64. The summed E-state index contributed by atoms with van der Waals surface area (Å²) < 4.78 is 12.2. The summed E-state index contributed by atoms with van der Waals surface area (Å²) in [5, 5.41) is 1.84. The molecule has 1 aromatic rings. The average Bonchev–Trinajstić information content (AvgIpc) is 2.95. The molecule has 0 fully saturated rings. The molecule has 6 nitrogen and oxygen atoms in total. The second kappa shape index (κ2) is 10.8. The van der Waals surface area contributed by atoms with Gasteiger partial charge in [0.15, 0.2) is 5.78 Å². The number of esters is 2. The second-order valence-electron chi connectivity index (χ2n) is 6.95. The monoisotopic (exact) mass is 401 g/mol. The molecule has 0 saturated heterocycles. The van der Waals surface area contributed by atoms with Crippen LogP contribution in [-0.2, 0) is 43.2 Å². The number of ether oxygens (including phenoxy) is 2. The number of fused-ring (bicyclic) bond motifs is 1. The van der Waals surface area contributed by atoms with Gasteiger partial charge >= 0.3 is 11.9 Å². The molecule has 0 amide bonds. The van der Waals surface area contributed by atoms with Gasteiger partial charge in [0.05, 0.1) is 26.2 Å². The smallest absolute Gasteiger partial charge is 0.316 e. The quantitative estimate of drug-likeness (QED) is 0.491. The van der Waals surface area contributed by atoms with Crippen molar-refractivity contribution < 1.29 is 23.9 Å². The zero-order valence-electron chi connectivity index (χ0n) is 17.8. The standard InChI is InChI=1S/C23H31NO5/c1-5-9-11-16-17(14-22(26)28-7-3)20-13-18(23(27)29-8-4)21(25)15-24(20)19(16)12-10-6-2/h5,9,11-12,18H,6-8,10,13-15H2,1-4H3/b9-5-,16-11-,19-12-. The number of carbonyl (C=O) groups is 3. The normalized spacial score (nSPS) is 17.7. The highest BCUT2D eigenvalue weighted by atomic mass is 16.5. The van der Waals surface area contributed by atoms with Gasteiger partial charge in [-0.3, -0.25) is 14.4 Å². The number of allylic oxidation sites excluding steroid dienone is 2. The van der Waals surface area contributed by atoms with Crippen molar-refractivity contribution in [1.82, 2.24) is 4.57 Å². The van der Waals surface area contributed by atoms with E-state index in [9.17, 15) is 14.4 Å². The number of rotatable bonds is 8. The first kappa shape index (κ1) is 22.7. The van der Waals surface area contributed by atoms with Crippen LogP contribution in [0.2, 0.25) is 0 Å². The van der Waals surface area contributed by atoms with Crippen LogP contribution in [0.4, 0.5) is 0 Å². The van der Waals surface area contributed by atoms with Crippen molar-refractivity contribution in [2.75, 3.05) is 13.2 Å². The van der Waals surface area contributed by atoms with Gasteiger partial charge in [-0.1, -0.05) is 37.6 Å². The Hall–Kier alpha value is -2.63. The van der Waals surface area contributed by atoms with Crippen LogP contribution >= 0.6 is 0 Å². The average molecular weight is 402 g/mol. The van der Waals surface area contributed by atoms with E-state index in [2.05, 4.69) is 13.0 Å². The lowest BCUT2D eigenvalue weighted by atomic mass is 9.92. The number of nitrogens with zero attached hydrogens (tertiary/aromatic N) is 1. The van der Waals surface area contributed by atoms with Crippen LogP contribution in [0.1, 0.15) is 51.8 Å². The Morgan fingerprint density at radius 3 is 2.52 bits per heavy atom. The summed E-state index contributed by atoms with van der Waals surface area (Å²) in [5.74, 6) is -1.79. The highest BCUT2D eigenvalue weighted by molar-refractivity contribution is 6.00. The molecule has 6 heteroatoms. The Labute approximate surface area is 171 Å². The van der Waals surface area contributed by atoms with Crippen molar-refractivity contribution in [2.45, 2.75) is 59.9 Å². The summed E-state index contributed by atoms with van der Waals surface area (Å²) >= 11 is 0. The second-order valence-corrected chi connectivity index (χ2v) is 6.95. The summed E-state index contributed by atoms with van der Waals surface area (Å²) in [6.07, 6.45) is 10.1. The number of Topliss-reactive ketones (excluding diaryl/α,β-unsaturated/α-hetero) is 1. The number of hydrogen-bond donors (Lipinski definition) is 0. The molecule has 1 aliphatic heterocycles. The predicted molar refractivity (Wildman–Crippen MR) is 112 cm³/mol. The number of carbonyl (C=O) groups excluding carboxylic acids is 3. The molecular weight excluding hydrogens is 370 g/mol. The maximum atomic E-state index is 12.7. The van der Waals surface area contributed by atoms with Crippen molar-refractivity contribution in [3.8, 4) is 0 Å². The molecule has 0 N–H and O–H groups in total. The van der Waals surface area contributed by atoms with Gasteiger partial charge in [0.1, 0.15) is 5.92 Å². The van der Waals surface area contributed by atoms with E-state index in [-0.39, 0.29) is 37.7 Å². The Balaban J connectivity index is 2.69. The lowest BCUT2D eigenvalue weighted by molar-refractivity contribution is -0.152. The number of unbranched alkanes of at least 4 members (excludes halogenated alkanes) is 1. The van der Waals surface area contributed by atoms with E-state index < -0.39 is 11.9 Å². The molecule has 1 aromatic heterocycles. The zero-order valence-corrected chi connectivity index (χ0v) is 17.8. The molecule has 1 aliphatic rings. The van der Waals surface area contributed by atoms with Crippen molar-refractivity contribution >= 4 is 29.9 Å². The molecule has 0 saturated carbocycles. The third-order valence-corrected chi connectivity index (χ3v) is 4.95. The minimum absolute atomic E-state index is 0.105. The van der Waals surface area contributed by atoms with Crippen LogP contribution in [0.15, 0.2) is 12.2 Å². The number of aromatic nitrogens is 1. The Bertz CT molecular complexity index is 907. The van der Waals surface area contributed by atoms with Crippen LogP contribution in [0.3, 0.4) is 0 Å². The lowest BCUT2D eigenvalue weighted by Crippen LogP contribution is -2.40. The fraction of sp³-hybridized carbons (Fsp3) is 0.522. The van der Waals surface area contributed by atoms with Gasteiger partial charge in [-0.05, 0) is 32.8 Å². The van der Waals surface area contributed by atoms with Gasteiger partial charge < -0.3 is 14.0 Å². The van der Waals surface area contributed by atoms with Crippen molar-refractivity contribution in [1.29, 1.82) is 0 Å². The minimum Gasteiger partial charge on any atom is -0.466 e. The molecule has 0 spiro atoms. The first-order valence-electron chi connectivity index (χ1n) is 10.4. The molecule has 29 heavy (non-hydrogen) atoms. The van der Waals surface area contributed by atoms with Crippen LogP contribution in [0.25, 0.3) is 12.2 Å². The first-order chi connectivity index (χ1) is 14.0. The van der Waals surface area contributed by atoms with Crippen LogP contribution in [0, 0.1) is 5.92 Å². The van der Waals surface area contributed by atoms with E-state index in [1.54, 1.807) is 13.8 Å². The third kappa shape index (κ3) is 5.25. The highest BCUT2D eigenvalue weighted by Crippen LogP contribution is 2.21. The van der Waals surface area contributed by atoms with Crippen molar-refractivity contribution in [3.63, 3.8) is 0 Å². The molecule has 0 radical (unpaired) electrons. The molecule has 0 aliphatic carbocycles. The van der Waals surface area contributed by atoms with Crippen LogP contribution < -0.4 is 10.6 Å². The molecule has 0 bridgehead atoms. The largest absolute Gasteiger partial charge is 0.466 e. The van der Waals surface area contributed by atoms with Gasteiger partial charge in [-0.2, -0.15) is 0 Å². The Morgan fingerprint density at radius 1 is 1.17 bits per heavy atom. The number of ketones is 1. The summed E-state index contributed by atoms with van der Waals surface area (Å²) in [6, 6.07) is 0. The van der Waals surface area contributed by atoms with E-state index in [1.165, 1.54) is 0 Å². The summed E-state index contributed by atoms with van der Waals surface area (Å²) in [7, 11) is 0. The SMILES string of the molecule is C\C=C/C=c1/c(CC(=O)OCC)c2n(/c1=C\CCC)CC(=O)C(C(=O)OCC)C2. The molecule has 2 rings (SSSR count). The molecule has 1 atom stereocenters. The predicted octanol–water partition coefficient (Wildman–Crippen LogP) is 1.84. The maximum Gasteiger partial charge on any atom is 0.316 e. The first-order valence-corrected chi connectivity index (χ1v) is 10.4. The fourth-order valence-electron chi connectivity index (χ4n) is 3.64. The van der Waals surface area contributed by atoms with Crippen LogP contribution in [0.5, 0.6) is 0 Å². The van der Waals surface area contributed by atoms with Crippen molar-refractivity contribution in [3.05, 3.63) is 34.0 Å². The molecule has 158 valence electrons. The summed E-state index contributed by atoms with van der Waals surface area (Å²) in [6.45, 7) is 8.16. The highest BCUT2D eigenvalue weighted by Gasteiger charge is 2.35. The van der Waals surface area contributed by atoms with Gasteiger partial charge in [0.25, 0.3) is 0 Å². The van der Waals surface area contributed by atoms with E-state index in [1.807, 2.05) is 29.7 Å². The molecular formula is C23H31NO5. The number of hydrogen-bond acceptors (Lipinski definition) is 5. The summed E-state index contributed by atoms with van der Waals surface area (Å²) in [5.41, 5.74) is 1.67. The molecule has 2 heterocycles. The van der Waals surface area contributed by atoms with E-state index >= 15 is 0 Å². The summed E-state index contributed by atoms with van der Waals surface area (Å²) in [4.78, 5) is 37.3. The third-order valence-electron chi connectivity index (χ3n) is 4.95. The topological polar surface area (TPSA) is 74.6 Å². The van der Waals surface area contributed by atoms with Crippen LogP contribution in [-0.4, -0.2) is 35.5 Å². The van der Waals surface area contributed by atoms with E-state index in [0.717, 1.165) is 34.7 Å². The molecule has 0 aromatic carbocycles. The van der Waals surface area contributed by atoms with E-state index in [0.29, 0.717) is 6.61 Å². The van der Waals surface area contributed by atoms with E-state index in [4.69, 9.17) is 9.47 Å². The Kier molecular flexibility index (Phi) is 8.43. The lowest BCUT2D eigenvalue weighted by Gasteiger charge is -2.23. The minimum atomic E-state index is -0.827. The van der Waals surface area contributed by atoms with Crippen molar-refractivity contribution in [2.24, 2.45) is 5.92 Å². The van der Waals surface area contributed by atoms with Gasteiger partial charge in [0.2, 0.25) is 0 Å². The Morgan fingerprint density at radius 2 is 1.90 bits per heavy atom. The zero-order chi connectivity index (χ0) is 21.4. The van der Waals surface area contributed by atoms with Gasteiger partial charge in [0, 0.05) is 22.7 Å². The molecule has 1 unspecified atom stereocenters. The van der Waals surface area contributed by atoms with Gasteiger partial charge in [-0.25, -0.2) is 0 Å².